The molecule has 1 aromatic rings. The zero-order valence-electron chi connectivity index (χ0n) is 9.94. The van der Waals surface area contributed by atoms with E-state index >= 15 is 0 Å². The third-order valence-electron chi connectivity index (χ3n) is 2.36. The van der Waals surface area contributed by atoms with E-state index in [9.17, 15) is 9.18 Å². The number of carbonyl (C=O) groups is 1. The van der Waals surface area contributed by atoms with E-state index in [0.717, 1.165) is 10.5 Å². The van der Waals surface area contributed by atoms with Crippen LogP contribution in [0.3, 0.4) is 0 Å². The molecule has 1 N–H and O–H groups in total. The van der Waals surface area contributed by atoms with Crippen molar-refractivity contribution >= 4 is 6.09 Å². The summed E-state index contributed by atoms with van der Waals surface area (Å²) in [6.45, 7) is 2.54. The van der Waals surface area contributed by atoms with Crippen LogP contribution in [0.25, 0.3) is 0 Å². The minimum atomic E-state index is -0.989. The van der Waals surface area contributed by atoms with Gasteiger partial charge in [-0.25, -0.2) is 9.18 Å². The van der Waals surface area contributed by atoms with Crippen LogP contribution < -0.4 is 4.74 Å². The average molecular weight is 241 g/mol. The molecule has 5 heteroatoms. The van der Waals surface area contributed by atoms with Crippen LogP contribution in [0.1, 0.15) is 12.5 Å². The Hall–Kier alpha value is -1.78. The molecule has 0 saturated heterocycles. The second kappa shape index (κ2) is 6.08. The molecule has 0 fully saturated rings. The lowest BCUT2D eigenvalue weighted by atomic mass is 10.1. The van der Waals surface area contributed by atoms with Crippen molar-refractivity contribution in [3.05, 3.63) is 29.6 Å². The maximum absolute atomic E-state index is 13.5. The van der Waals surface area contributed by atoms with E-state index < -0.39 is 11.9 Å². The highest BCUT2D eigenvalue weighted by molar-refractivity contribution is 5.64. The first-order valence-corrected chi connectivity index (χ1v) is 5.40. The van der Waals surface area contributed by atoms with Crippen molar-refractivity contribution < 1.29 is 19.0 Å². The van der Waals surface area contributed by atoms with Gasteiger partial charge >= 0.3 is 6.09 Å². The first kappa shape index (κ1) is 13.3. The molecule has 0 bridgehead atoms. The molecule has 0 aliphatic rings. The van der Waals surface area contributed by atoms with Crippen LogP contribution in [0.15, 0.2) is 18.2 Å². The van der Waals surface area contributed by atoms with Gasteiger partial charge in [0.1, 0.15) is 0 Å². The number of nitrogens with zero attached hydrogens (tertiary/aromatic N) is 1. The van der Waals surface area contributed by atoms with E-state index in [1.807, 2.05) is 0 Å². The van der Waals surface area contributed by atoms with Gasteiger partial charge in [-0.1, -0.05) is 6.07 Å². The molecule has 0 aromatic heterocycles. The Labute approximate surface area is 99.6 Å². The van der Waals surface area contributed by atoms with Gasteiger partial charge in [0.05, 0.1) is 6.61 Å². The van der Waals surface area contributed by atoms with Crippen LogP contribution in [0.5, 0.6) is 5.75 Å². The SMILES string of the molecule is CCOc1ccc(CCN(C)C(=O)O)cc1F. The fraction of sp³-hybridized carbons (Fsp3) is 0.417. The Morgan fingerprint density at radius 2 is 2.24 bits per heavy atom. The number of hydrogen-bond donors (Lipinski definition) is 1. The summed E-state index contributed by atoms with van der Waals surface area (Å²) in [6, 6.07) is 4.68. The van der Waals surface area contributed by atoms with Gasteiger partial charge in [-0.2, -0.15) is 0 Å². The summed E-state index contributed by atoms with van der Waals surface area (Å²) in [7, 11) is 1.48. The van der Waals surface area contributed by atoms with Crippen molar-refractivity contribution in [1.82, 2.24) is 4.90 Å². The Balaban J connectivity index is 2.61. The Morgan fingerprint density at radius 3 is 2.76 bits per heavy atom. The van der Waals surface area contributed by atoms with Crippen LogP contribution >= 0.6 is 0 Å². The standard InChI is InChI=1S/C12H16FNO3/c1-3-17-11-5-4-9(8-10(11)13)6-7-14(2)12(15)16/h4-5,8H,3,6-7H2,1-2H3,(H,15,16). The summed E-state index contributed by atoms with van der Waals surface area (Å²) in [4.78, 5) is 11.7. The second-order valence-corrected chi connectivity index (χ2v) is 3.65. The monoisotopic (exact) mass is 241 g/mol. The van der Waals surface area contributed by atoms with Gasteiger partial charge in [0, 0.05) is 13.6 Å². The third-order valence-corrected chi connectivity index (χ3v) is 2.36. The lowest BCUT2D eigenvalue weighted by Gasteiger charge is -2.13. The fourth-order valence-electron chi connectivity index (χ4n) is 1.36. The molecule has 0 unspecified atom stereocenters. The van der Waals surface area contributed by atoms with E-state index in [1.54, 1.807) is 19.1 Å². The van der Waals surface area contributed by atoms with Gasteiger partial charge in [-0.15, -0.1) is 0 Å². The van der Waals surface area contributed by atoms with Gasteiger partial charge < -0.3 is 14.7 Å². The number of likely N-dealkylation sites (N-methyl/N-ethyl adjacent to an activating group) is 1. The summed E-state index contributed by atoms with van der Waals surface area (Å²) in [5.74, 6) is -0.190. The van der Waals surface area contributed by atoms with Gasteiger partial charge in [0.25, 0.3) is 0 Å². The van der Waals surface area contributed by atoms with Crippen LogP contribution in [0.2, 0.25) is 0 Å². The van der Waals surface area contributed by atoms with Crippen molar-refractivity contribution in [1.29, 1.82) is 0 Å². The van der Waals surface area contributed by atoms with E-state index in [2.05, 4.69) is 0 Å². The molecule has 1 rings (SSSR count). The average Bonchev–Trinajstić information content (AvgIpc) is 2.29. The van der Waals surface area contributed by atoms with E-state index in [4.69, 9.17) is 9.84 Å². The molecular weight excluding hydrogens is 225 g/mol. The number of halogens is 1. The number of rotatable bonds is 5. The molecule has 94 valence electrons. The van der Waals surface area contributed by atoms with E-state index in [1.165, 1.54) is 13.1 Å². The number of ether oxygens (including phenoxy) is 1. The Bertz CT molecular complexity index is 395. The molecule has 0 atom stereocenters. The molecule has 1 aromatic carbocycles. The molecule has 0 heterocycles. The first-order chi connectivity index (χ1) is 8.04. The highest BCUT2D eigenvalue weighted by Crippen LogP contribution is 2.18. The Kier molecular flexibility index (Phi) is 4.75. The summed E-state index contributed by atoms with van der Waals surface area (Å²) >= 11 is 0. The van der Waals surface area contributed by atoms with E-state index in [0.29, 0.717) is 19.6 Å². The van der Waals surface area contributed by atoms with Crippen molar-refractivity contribution in [2.75, 3.05) is 20.2 Å². The smallest absolute Gasteiger partial charge is 0.407 e. The zero-order valence-corrected chi connectivity index (χ0v) is 9.94. The molecule has 0 aliphatic heterocycles. The minimum absolute atomic E-state index is 0.225. The second-order valence-electron chi connectivity index (χ2n) is 3.65. The summed E-state index contributed by atoms with van der Waals surface area (Å²) in [5.41, 5.74) is 0.749. The number of benzene rings is 1. The van der Waals surface area contributed by atoms with Crippen molar-refractivity contribution in [3.8, 4) is 5.75 Å². The minimum Gasteiger partial charge on any atom is -0.491 e. The van der Waals surface area contributed by atoms with Gasteiger partial charge in [-0.3, -0.25) is 0 Å². The van der Waals surface area contributed by atoms with Crippen LogP contribution in [-0.2, 0) is 6.42 Å². The molecule has 0 aliphatic carbocycles. The molecule has 0 saturated carbocycles. The topological polar surface area (TPSA) is 49.8 Å². The molecule has 17 heavy (non-hydrogen) atoms. The van der Waals surface area contributed by atoms with Crippen LogP contribution in [0.4, 0.5) is 9.18 Å². The third kappa shape index (κ3) is 3.94. The number of carboxylic acid groups (broad SMARTS) is 1. The predicted octanol–water partition coefficient (Wildman–Crippen LogP) is 2.38. The number of amides is 1. The van der Waals surface area contributed by atoms with Crippen molar-refractivity contribution in [2.24, 2.45) is 0 Å². The highest BCUT2D eigenvalue weighted by atomic mass is 19.1. The molecular formula is C12H16FNO3. The lowest BCUT2D eigenvalue weighted by molar-refractivity contribution is 0.156. The molecule has 0 radical (unpaired) electrons. The maximum Gasteiger partial charge on any atom is 0.407 e. The lowest BCUT2D eigenvalue weighted by Crippen LogP contribution is -2.26. The highest BCUT2D eigenvalue weighted by Gasteiger charge is 2.07. The van der Waals surface area contributed by atoms with Gasteiger partial charge in [0.2, 0.25) is 0 Å². The predicted molar refractivity (Wildman–Crippen MR) is 61.9 cm³/mol. The molecule has 0 spiro atoms. The van der Waals surface area contributed by atoms with Crippen LogP contribution in [0, 0.1) is 5.82 Å². The fourth-order valence-corrected chi connectivity index (χ4v) is 1.36. The quantitative estimate of drug-likeness (QED) is 0.861. The first-order valence-electron chi connectivity index (χ1n) is 5.40. The maximum atomic E-state index is 13.5. The van der Waals surface area contributed by atoms with Crippen molar-refractivity contribution in [3.63, 3.8) is 0 Å². The van der Waals surface area contributed by atoms with E-state index in [-0.39, 0.29) is 5.75 Å². The Morgan fingerprint density at radius 1 is 1.53 bits per heavy atom. The summed E-state index contributed by atoms with van der Waals surface area (Å²) < 4.78 is 18.5. The van der Waals surface area contributed by atoms with Crippen molar-refractivity contribution in [2.45, 2.75) is 13.3 Å². The van der Waals surface area contributed by atoms with Gasteiger partial charge in [0.15, 0.2) is 11.6 Å². The largest absolute Gasteiger partial charge is 0.491 e. The molecule has 4 nitrogen and oxygen atoms in total. The molecule has 1 amide bonds. The summed E-state index contributed by atoms with van der Waals surface area (Å²) in [6.07, 6.45) is -0.511. The summed E-state index contributed by atoms with van der Waals surface area (Å²) in [5, 5.41) is 8.66. The van der Waals surface area contributed by atoms with Gasteiger partial charge in [-0.05, 0) is 31.0 Å². The normalized spacial score (nSPS) is 10.1. The van der Waals surface area contributed by atoms with Crippen LogP contribution in [-0.4, -0.2) is 36.3 Å². The number of hydrogen-bond acceptors (Lipinski definition) is 2. The zero-order chi connectivity index (χ0) is 12.8.